The number of hydrogen-bond donors (Lipinski definition) is 0. The van der Waals surface area contributed by atoms with Crippen LogP contribution in [0.2, 0.25) is 0 Å². The zero-order valence-corrected chi connectivity index (χ0v) is 13.1. The number of benzene rings is 1. The topological polar surface area (TPSA) is 57.7 Å². The van der Waals surface area contributed by atoms with Crippen LogP contribution in [-0.4, -0.2) is 56.9 Å². The maximum absolute atomic E-state index is 12.9. The number of carbonyl (C=O) groups is 1. The summed E-state index contributed by atoms with van der Waals surface area (Å²) in [5.41, 5.74) is 0.942. The van der Waals surface area contributed by atoms with Gasteiger partial charge in [0, 0.05) is 31.9 Å². The summed E-state index contributed by atoms with van der Waals surface area (Å²) in [7, 11) is -3.03. The van der Waals surface area contributed by atoms with Gasteiger partial charge in [0.05, 0.1) is 17.4 Å². The molecule has 2 aliphatic rings. The molecule has 0 spiro atoms. The van der Waals surface area contributed by atoms with E-state index in [-0.39, 0.29) is 29.1 Å². The summed E-state index contributed by atoms with van der Waals surface area (Å²) < 4.78 is 35.9. The van der Waals surface area contributed by atoms with Crippen molar-refractivity contribution in [3.8, 4) is 0 Å². The molecule has 2 aliphatic heterocycles. The van der Waals surface area contributed by atoms with Gasteiger partial charge >= 0.3 is 0 Å². The summed E-state index contributed by atoms with van der Waals surface area (Å²) in [5, 5.41) is 0. The second kappa shape index (κ2) is 5.87. The van der Waals surface area contributed by atoms with Crippen LogP contribution in [-0.2, 0) is 14.6 Å². The lowest BCUT2D eigenvalue weighted by Gasteiger charge is -2.37. The number of halogens is 1. The Bertz CT molecular complexity index is 652. The third-order valence-electron chi connectivity index (χ3n) is 4.36. The summed E-state index contributed by atoms with van der Waals surface area (Å²) in [6, 6.07) is 6.32. The molecule has 1 amide bonds. The van der Waals surface area contributed by atoms with E-state index >= 15 is 0 Å². The molecule has 0 radical (unpaired) electrons. The molecule has 2 fully saturated rings. The van der Waals surface area contributed by atoms with Crippen LogP contribution in [0.4, 0.5) is 10.1 Å². The van der Waals surface area contributed by atoms with Gasteiger partial charge in [0.1, 0.15) is 5.82 Å². The van der Waals surface area contributed by atoms with Crippen molar-refractivity contribution in [2.45, 2.75) is 6.42 Å². The quantitative estimate of drug-likeness (QED) is 0.811. The number of carbonyl (C=O) groups excluding carboxylic acids is 1. The number of hydrogen-bond acceptors (Lipinski definition) is 4. The Morgan fingerprint density at radius 3 is 2.27 bits per heavy atom. The van der Waals surface area contributed by atoms with E-state index in [4.69, 9.17) is 0 Å². The van der Waals surface area contributed by atoms with E-state index in [2.05, 4.69) is 4.90 Å². The monoisotopic (exact) mass is 326 g/mol. The fourth-order valence-corrected chi connectivity index (χ4v) is 4.82. The van der Waals surface area contributed by atoms with Crippen molar-refractivity contribution in [1.82, 2.24) is 4.90 Å². The van der Waals surface area contributed by atoms with Crippen LogP contribution in [0.3, 0.4) is 0 Å². The number of amides is 1. The third kappa shape index (κ3) is 3.24. The summed E-state index contributed by atoms with van der Waals surface area (Å²) in [5.74, 6) is -0.564. The Morgan fingerprint density at radius 1 is 1.09 bits per heavy atom. The first-order valence-corrected chi connectivity index (χ1v) is 9.26. The highest BCUT2D eigenvalue weighted by Gasteiger charge is 2.36. The molecule has 120 valence electrons. The van der Waals surface area contributed by atoms with E-state index in [1.165, 1.54) is 12.1 Å². The highest BCUT2D eigenvalue weighted by Crippen LogP contribution is 2.22. The predicted octanol–water partition coefficient (Wildman–Crippen LogP) is 0.909. The first-order chi connectivity index (χ1) is 10.4. The van der Waals surface area contributed by atoms with E-state index in [1.54, 1.807) is 17.0 Å². The molecule has 0 N–H and O–H groups in total. The van der Waals surface area contributed by atoms with Crippen molar-refractivity contribution in [2.75, 3.05) is 42.6 Å². The van der Waals surface area contributed by atoms with Crippen molar-refractivity contribution in [2.24, 2.45) is 5.92 Å². The molecule has 0 aliphatic carbocycles. The molecule has 1 aromatic rings. The zero-order chi connectivity index (χ0) is 15.7. The van der Waals surface area contributed by atoms with Gasteiger partial charge < -0.3 is 9.80 Å². The normalized spacial score (nSPS) is 24.5. The number of rotatable bonds is 2. The summed E-state index contributed by atoms with van der Waals surface area (Å²) in [4.78, 5) is 16.2. The van der Waals surface area contributed by atoms with E-state index in [0.29, 0.717) is 32.6 Å². The smallest absolute Gasteiger partial charge is 0.226 e. The molecule has 0 bridgehead atoms. The van der Waals surface area contributed by atoms with Gasteiger partial charge in [-0.05, 0) is 30.7 Å². The lowest BCUT2D eigenvalue weighted by molar-refractivity contribution is -0.135. The van der Waals surface area contributed by atoms with Crippen molar-refractivity contribution in [3.05, 3.63) is 30.1 Å². The number of sulfone groups is 1. The summed E-state index contributed by atoms with van der Waals surface area (Å²) >= 11 is 0. The minimum absolute atomic E-state index is 0.00991. The molecule has 2 saturated heterocycles. The van der Waals surface area contributed by atoms with Gasteiger partial charge in [-0.1, -0.05) is 0 Å². The summed E-state index contributed by atoms with van der Waals surface area (Å²) in [6.07, 6.45) is 0.444. The fourth-order valence-electron chi connectivity index (χ4n) is 3.08. The molecule has 1 atom stereocenters. The minimum atomic E-state index is -3.03. The number of anilines is 1. The van der Waals surface area contributed by atoms with Gasteiger partial charge in [-0.2, -0.15) is 0 Å². The standard InChI is InChI=1S/C15H19FN2O3S/c16-13-1-3-14(4-2-13)17-6-8-18(9-7-17)15(19)12-5-10-22(20,21)11-12/h1-4,12H,5-11H2/t12-/m0/s1. The average Bonchev–Trinajstić information content (AvgIpc) is 2.88. The molecular formula is C15H19FN2O3S. The van der Waals surface area contributed by atoms with Gasteiger partial charge in [0.15, 0.2) is 9.84 Å². The molecule has 7 heteroatoms. The highest BCUT2D eigenvalue weighted by atomic mass is 32.2. The van der Waals surface area contributed by atoms with Crippen molar-refractivity contribution in [1.29, 1.82) is 0 Å². The molecule has 0 aromatic heterocycles. The Hall–Kier alpha value is -1.63. The van der Waals surface area contributed by atoms with Crippen LogP contribution in [0.15, 0.2) is 24.3 Å². The Balaban J connectivity index is 1.57. The lowest BCUT2D eigenvalue weighted by Crippen LogP contribution is -2.50. The third-order valence-corrected chi connectivity index (χ3v) is 6.13. The van der Waals surface area contributed by atoms with Gasteiger partial charge in [-0.15, -0.1) is 0 Å². The Kier molecular flexibility index (Phi) is 4.08. The lowest BCUT2D eigenvalue weighted by atomic mass is 10.1. The molecule has 22 heavy (non-hydrogen) atoms. The zero-order valence-electron chi connectivity index (χ0n) is 12.2. The van der Waals surface area contributed by atoms with Crippen LogP contribution in [0.1, 0.15) is 6.42 Å². The highest BCUT2D eigenvalue weighted by molar-refractivity contribution is 7.91. The van der Waals surface area contributed by atoms with Crippen LogP contribution in [0, 0.1) is 11.7 Å². The first kappa shape index (κ1) is 15.3. The van der Waals surface area contributed by atoms with Crippen molar-refractivity contribution >= 4 is 21.4 Å². The van der Waals surface area contributed by atoms with Crippen LogP contribution in [0.5, 0.6) is 0 Å². The maximum atomic E-state index is 12.9. The van der Waals surface area contributed by atoms with Gasteiger partial charge in [0.2, 0.25) is 5.91 Å². The van der Waals surface area contributed by atoms with Crippen LogP contribution < -0.4 is 4.90 Å². The van der Waals surface area contributed by atoms with Crippen LogP contribution in [0.25, 0.3) is 0 Å². The van der Waals surface area contributed by atoms with Crippen LogP contribution >= 0.6 is 0 Å². The molecule has 2 heterocycles. The molecule has 3 rings (SSSR count). The second-order valence-electron chi connectivity index (χ2n) is 5.89. The summed E-state index contributed by atoms with van der Waals surface area (Å²) in [6.45, 7) is 2.51. The van der Waals surface area contributed by atoms with E-state index in [0.717, 1.165) is 5.69 Å². The number of piperazine rings is 1. The van der Waals surface area contributed by atoms with E-state index in [1.807, 2.05) is 0 Å². The molecule has 5 nitrogen and oxygen atoms in total. The molecular weight excluding hydrogens is 307 g/mol. The Labute approximate surface area is 129 Å². The van der Waals surface area contributed by atoms with Gasteiger partial charge in [0.25, 0.3) is 0 Å². The number of nitrogens with zero attached hydrogens (tertiary/aromatic N) is 2. The van der Waals surface area contributed by atoms with Gasteiger partial charge in [-0.3, -0.25) is 4.79 Å². The average molecular weight is 326 g/mol. The van der Waals surface area contributed by atoms with E-state index < -0.39 is 9.84 Å². The largest absolute Gasteiger partial charge is 0.368 e. The fraction of sp³-hybridized carbons (Fsp3) is 0.533. The Morgan fingerprint density at radius 2 is 1.73 bits per heavy atom. The van der Waals surface area contributed by atoms with Crippen molar-refractivity contribution in [3.63, 3.8) is 0 Å². The minimum Gasteiger partial charge on any atom is -0.368 e. The second-order valence-corrected chi connectivity index (χ2v) is 8.12. The molecule has 0 unspecified atom stereocenters. The van der Waals surface area contributed by atoms with Crippen molar-refractivity contribution < 1.29 is 17.6 Å². The predicted molar refractivity (Wildman–Crippen MR) is 82.0 cm³/mol. The van der Waals surface area contributed by atoms with Gasteiger partial charge in [-0.25, -0.2) is 12.8 Å². The van der Waals surface area contributed by atoms with E-state index in [9.17, 15) is 17.6 Å². The first-order valence-electron chi connectivity index (χ1n) is 7.44. The maximum Gasteiger partial charge on any atom is 0.226 e. The molecule has 1 aromatic carbocycles. The molecule has 0 saturated carbocycles. The SMILES string of the molecule is O=C([C@H]1CCS(=O)(=O)C1)N1CCN(c2ccc(F)cc2)CC1.